The Balaban J connectivity index is 1.87. The van der Waals surface area contributed by atoms with Gasteiger partial charge in [-0.2, -0.15) is 0 Å². The molecule has 2 aromatic rings. The molecular weight excluding hydrogens is 440 g/mol. The number of carboxylic acid groups (broad SMARTS) is 1. The van der Waals surface area contributed by atoms with E-state index >= 15 is 4.39 Å². The molecule has 3 rings (SSSR count). The third-order valence-corrected chi connectivity index (χ3v) is 11.4. The molecule has 1 saturated heterocycles. The predicted octanol–water partition coefficient (Wildman–Crippen LogP) is 3.71. The van der Waals surface area contributed by atoms with Gasteiger partial charge in [-0.15, -0.1) is 0 Å². The third-order valence-electron chi connectivity index (χ3n) is 5.27. The molecule has 2 unspecified atom stereocenters. The molecule has 1 aliphatic rings. The summed E-state index contributed by atoms with van der Waals surface area (Å²) in [6.07, 6.45) is 1.64. The summed E-state index contributed by atoms with van der Waals surface area (Å²) in [6, 6.07) is 11.8. The van der Waals surface area contributed by atoms with E-state index in [9.17, 15) is 9.90 Å². The first kappa shape index (κ1) is 21.4. The minimum absolute atomic E-state index is 0.109. The van der Waals surface area contributed by atoms with Crippen LogP contribution in [0.25, 0.3) is 0 Å². The van der Waals surface area contributed by atoms with Crippen LogP contribution in [-0.4, -0.2) is 43.7 Å². The predicted molar refractivity (Wildman–Crippen MR) is 114 cm³/mol. The van der Waals surface area contributed by atoms with Crippen molar-refractivity contribution in [3.63, 3.8) is 0 Å². The van der Waals surface area contributed by atoms with Crippen molar-refractivity contribution in [2.75, 3.05) is 13.1 Å². The normalized spacial score (nSPS) is 18.4. The zero-order chi connectivity index (χ0) is 20.3. The second-order valence-electron chi connectivity index (χ2n) is 7.39. The quantitative estimate of drug-likeness (QED) is 0.634. The van der Waals surface area contributed by atoms with Crippen molar-refractivity contribution in [1.29, 1.82) is 0 Å². The first-order chi connectivity index (χ1) is 13.4. The maximum absolute atomic E-state index is 15.5. The Morgan fingerprint density at radius 3 is 2.79 bits per heavy atom. The fraction of sp³-hybridized carbons (Fsp3) is 0.409. The Labute approximate surface area is 175 Å². The molecule has 1 fully saturated rings. The van der Waals surface area contributed by atoms with Crippen molar-refractivity contribution in [1.82, 2.24) is 4.90 Å². The van der Waals surface area contributed by atoms with Gasteiger partial charge in [0.05, 0.1) is 0 Å². The number of hydrogen-bond donors (Lipinski definition) is 1. The fourth-order valence-corrected chi connectivity index (χ4v) is 9.03. The summed E-state index contributed by atoms with van der Waals surface area (Å²) in [7, 11) is 0. The number of aliphatic carboxylic acids is 1. The van der Waals surface area contributed by atoms with E-state index < -0.39 is 20.6 Å². The van der Waals surface area contributed by atoms with Gasteiger partial charge in [0.2, 0.25) is 0 Å². The summed E-state index contributed by atoms with van der Waals surface area (Å²) < 4.78 is 17.6. The third kappa shape index (κ3) is 4.79. The molecule has 28 heavy (non-hydrogen) atoms. The average Bonchev–Trinajstić information content (AvgIpc) is 3.13. The molecular formula is C22H26AsClFNO2. The molecule has 1 aliphatic heterocycles. The monoisotopic (exact) mass is 465 g/mol. The molecule has 0 spiro atoms. The number of hydrogen-bond acceptors (Lipinski definition) is 2. The number of halogens is 2. The van der Waals surface area contributed by atoms with Gasteiger partial charge < -0.3 is 0 Å². The average molecular weight is 466 g/mol. The summed E-state index contributed by atoms with van der Waals surface area (Å²) in [5.74, 6) is -1.21. The second-order valence-corrected chi connectivity index (χ2v) is 12.6. The van der Waals surface area contributed by atoms with Gasteiger partial charge in [0.15, 0.2) is 0 Å². The zero-order valence-electron chi connectivity index (χ0n) is 16.3. The molecule has 150 valence electrons. The van der Waals surface area contributed by atoms with Gasteiger partial charge in [-0.05, 0) is 0 Å². The van der Waals surface area contributed by atoms with Gasteiger partial charge in [-0.3, -0.25) is 0 Å². The van der Waals surface area contributed by atoms with Crippen molar-refractivity contribution in [2.45, 2.75) is 38.4 Å². The van der Waals surface area contributed by atoms with E-state index in [1.807, 2.05) is 36.1 Å². The van der Waals surface area contributed by atoms with Gasteiger partial charge in [0.1, 0.15) is 0 Å². The topological polar surface area (TPSA) is 40.5 Å². The van der Waals surface area contributed by atoms with Crippen LogP contribution in [0, 0.1) is 18.7 Å². The van der Waals surface area contributed by atoms with Crippen molar-refractivity contribution in [2.24, 2.45) is 5.92 Å². The fourth-order valence-electron chi connectivity index (χ4n) is 3.72. The van der Waals surface area contributed by atoms with Crippen LogP contribution >= 0.6 is 11.6 Å². The van der Waals surface area contributed by atoms with Gasteiger partial charge in [0, 0.05) is 0 Å². The molecule has 3 nitrogen and oxygen atoms in total. The van der Waals surface area contributed by atoms with Crippen LogP contribution in [0.2, 0.25) is 10.2 Å². The second kappa shape index (κ2) is 9.43. The molecule has 1 N–H and O–H groups in total. The molecule has 2 aromatic carbocycles. The Morgan fingerprint density at radius 2 is 2.14 bits per heavy atom. The number of rotatable bonds is 7. The van der Waals surface area contributed by atoms with Crippen LogP contribution in [0.3, 0.4) is 0 Å². The van der Waals surface area contributed by atoms with Crippen LogP contribution in [0.4, 0.5) is 4.39 Å². The summed E-state index contributed by atoms with van der Waals surface area (Å²) >= 11 is 4.42. The van der Waals surface area contributed by atoms with E-state index in [0.717, 1.165) is 26.6 Å². The zero-order valence-corrected chi connectivity index (χ0v) is 18.9. The molecule has 0 amide bonds. The van der Waals surface area contributed by atoms with Crippen molar-refractivity contribution >= 4 is 40.9 Å². The summed E-state index contributed by atoms with van der Waals surface area (Å²) in [4.78, 5) is 13.2. The molecule has 0 saturated carbocycles. The van der Waals surface area contributed by atoms with Gasteiger partial charge >= 0.3 is 176 Å². The van der Waals surface area contributed by atoms with E-state index in [-0.39, 0.29) is 11.7 Å². The van der Waals surface area contributed by atoms with Crippen LogP contribution in [0.1, 0.15) is 30.9 Å². The number of benzene rings is 2. The summed E-state index contributed by atoms with van der Waals surface area (Å²) in [5, 5.41) is 10.9. The Kier molecular flexibility index (Phi) is 7.19. The van der Waals surface area contributed by atoms with E-state index in [0.29, 0.717) is 31.6 Å². The van der Waals surface area contributed by atoms with Gasteiger partial charge in [0.25, 0.3) is 0 Å². The van der Waals surface area contributed by atoms with Gasteiger partial charge in [-0.1, -0.05) is 0 Å². The molecule has 0 aromatic heterocycles. The van der Waals surface area contributed by atoms with Crippen LogP contribution in [0.15, 0.2) is 36.4 Å². The standard InChI is InChI=1S/C22H26AsClFNO2/c1-3-10-23(18-7-8-20(24)15(2)12-18)19-6-4-5-16(21(19)25)13-26-11-9-17(14-26)22(27)28/h4-8,12,17H,3,9-11,13-14H2,1-2H3,(H,27,28). The van der Waals surface area contributed by atoms with Gasteiger partial charge in [-0.25, -0.2) is 0 Å². The van der Waals surface area contributed by atoms with Crippen LogP contribution < -0.4 is 8.70 Å². The first-order valence-corrected chi connectivity index (χ1v) is 13.2. The number of carboxylic acids is 1. The Hall–Kier alpha value is -1.35. The number of nitrogens with zero attached hydrogens (tertiary/aromatic N) is 1. The van der Waals surface area contributed by atoms with Crippen molar-refractivity contribution in [3.05, 3.63) is 58.4 Å². The molecule has 0 radical (unpaired) electrons. The molecule has 0 bridgehead atoms. The van der Waals surface area contributed by atoms with Crippen molar-refractivity contribution < 1.29 is 14.3 Å². The SMILES string of the molecule is CCC[As](c1ccc(Cl)c(C)c1)c1cccc(CN2CCC(C(=O)O)C2)c1F. The molecule has 6 heteroatoms. The minimum atomic E-state index is -1.77. The van der Waals surface area contributed by atoms with Crippen molar-refractivity contribution in [3.8, 4) is 0 Å². The van der Waals surface area contributed by atoms with E-state index in [4.69, 9.17) is 11.6 Å². The van der Waals surface area contributed by atoms with E-state index in [1.54, 1.807) is 0 Å². The summed E-state index contributed by atoms with van der Waals surface area (Å²) in [5.41, 5.74) is 1.70. The molecule has 1 heterocycles. The Morgan fingerprint density at radius 1 is 1.36 bits per heavy atom. The van der Waals surface area contributed by atoms with Crippen LogP contribution in [-0.2, 0) is 11.3 Å². The molecule has 0 aliphatic carbocycles. The maximum atomic E-state index is 15.5. The first-order valence-electron chi connectivity index (χ1n) is 9.67. The van der Waals surface area contributed by atoms with E-state index in [1.165, 1.54) is 4.35 Å². The van der Waals surface area contributed by atoms with Crippen LogP contribution in [0.5, 0.6) is 0 Å². The Bertz CT molecular complexity index is 860. The number of likely N-dealkylation sites (tertiary alicyclic amines) is 1. The molecule has 2 atom stereocenters. The number of aryl methyl sites for hydroxylation is 1. The number of carbonyl (C=O) groups is 1. The van der Waals surface area contributed by atoms with E-state index in [2.05, 4.69) is 19.1 Å². The summed E-state index contributed by atoms with van der Waals surface area (Å²) in [6.45, 7) is 5.79.